The van der Waals surface area contributed by atoms with E-state index in [2.05, 4.69) is 31.3 Å². The van der Waals surface area contributed by atoms with Crippen molar-refractivity contribution in [3.63, 3.8) is 0 Å². The van der Waals surface area contributed by atoms with Crippen LogP contribution in [-0.2, 0) is 0 Å². The minimum absolute atomic E-state index is 0.745. The molecule has 0 saturated carbocycles. The van der Waals surface area contributed by atoms with Gasteiger partial charge in [0.15, 0.2) is 0 Å². The van der Waals surface area contributed by atoms with Gasteiger partial charge in [-0.05, 0) is 32.0 Å². The van der Waals surface area contributed by atoms with Crippen molar-refractivity contribution in [2.45, 2.75) is 33.1 Å². The Morgan fingerprint density at radius 1 is 1.06 bits per heavy atom. The van der Waals surface area contributed by atoms with E-state index in [1.165, 1.54) is 24.8 Å². The Morgan fingerprint density at radius 2 is 1.81 bits per heavy atom. The van der Waals surface area contributed by atoms with E-state index in [0.717, 1.165) is 25.4 Å². The van der Waals surface area contributed by atoms with E-state index in [1.54, 1.807) is 0 Å². The minimum Gasteiger partial charge on any atom is -0.492 e. The zero-order valence-electron chi connectivity index (χ0n) is 10.5. The minimum atomic E-state index is 0.745. The lowest BCUT2D eigenvalue weighted by molar-refractivity contribution is 0.313. The van der Waals surface area contributed by atoms with Gasteiger partial charge in [0.1, 0.15) is 12.4 Å². The maximum Gasteiger partial charge on any atom is 0.119 e. The first-order chi connectivity index (χ1) is 7.83. The summed E-state index contributed by atoms with van der Waals surface area (Å²) >= 11 is 0. The molecule has 0 aliphatic heterocycles. The molecule has 0 radical (unpaired) electrons. The number of benzene rings is 1. The Labute approximate surface area is 99.0 Å². The highest BCUT2D eigenvalue weighted by Gasteiger charge is 1.92. The van der Waals surface area contributed by atoms with Crippen LogP contribution < -0.4 is 10.1 Å². The molecule has 0 bridgehead atoms. The molecule has 0 unspecified atom stereocenters. The average Bonchev–Trinajstić information content (AvgIpc) is 2.30. The van der Waals surface area contributed by atoms with E-state index in [9.17, 15) is 0 Å². The summed E-state index contributed by atoms with van der Waals surface area (Å²) in [6.07, 6.45) is 3.86. The van der Waals surface area contributed by atoms with Gasteiger partial charge >= 0.3 is 0 Å². The maximum absolute atomic E-state index is 5.61. The second kappa shape index (κ2) is 8.17. The third kappa shape index (κ3) is 5.76. The number of rotatable bonds is 8. The topological polar surface area (TPSA) is 21.3 Å². The highest BCUT2D eigenvalue weighted by Crippen LogP contribution is 2.10. The third-order valence-corrected chi connectivity index (χ3v) is 2.53. The summed E-state index contributed by atoms with van der Waals surface area (Å²) < 4.78 is 5.61. The zero-order valence-corrected chi connectivity index (χ0v) is 10.5. The van der Waals surface area contributed by atoms with Crippen molar-refractivity contribution >= 4 is 0 Å². The van der Waals surface area contributed by atoms with Crippen molar-refractivity contribution in [2.75, 3.05) is 19.7 Å². The van der Waals surface area contributed by atoms with Crippen molar-refractivity contribution in [3.05, 3.63) is 29.8 Å². The average molecular weight is 221 g/mol. The molecule has 90 valence electrons. The van der Waals surface area contributed by atoms with Crippen LogP contribution in [0.5, 0.6) is 5.75 Å². The Balaban J connectivity index is 2.01. The summed E-state index contributed by atoms with van der Waals surface area (Å²) in [5, 5.41) is 3.38. The Kier molecular flexibility index (Phi) is 6.66. The molecule has 1 N–H and O–H groups in total. The Hall–Kier alpha value is -1.02. The van der Waals surface area contributed by atoms with Crippen LogP contribution in [0.15, 0.2) is 24.3 Å². The molecule has 2 heteroatoms. The van der Waals surface area contributed by atoms with Gasteiger partial charge in [0.2, 0.25) is 0 Å². The molecule has 0 aromatic heterocycles. The van der Waals surface area contributed by atoms with Gasteiger partial charge in [-0.25, -0.2) is 0 Å². The number of nitrogens with one attached hydrogen (secondary N) is 1. The second-order valence-electron chi connectivity index (χ2n) is 4.12. The lowest BCUT2D eigenvalue weighted by Gasteiger charge is -2.07. The fourth-order valence-electron chi connectivity index (χ4n) is 1.50. The first kappa shape index (κ1) is 13.0. The van der Waals surface area contributed by atoms with Gasteiger partial charge in [0.25, 0.3) is 0 Å². The highest BCUT2D eigenvalue weighted by atomic mass is 16.5. The summed E-state index contributed by atoms with van der Waals surface area (Å²) in [6.45, 7) is 7.08. The summed E-state index contributed by atoms with van der Waals surface area (Å²) in [4.78, 5) is 0. The molecule has 0 aliphatic rings. The fourth-order valence-corrected chi connectivity index (χ4v) is 1.50. The molecule has 16 heavy (non-hydrogen) atoms. The molecule has 1 aromatic rings. The largest absolute Gasteiger partial charge is 0.492 e. The molecule has 2 nitrogen and oxygen atoms in total. The fraction of sp³-hybridized carbons (Fsp3) is 0.571. The molecule has 0 fully saturated rings. The van der Waals surface area contributed by atoms with Crippen LogP contribution in [0.1, 0.15) is 31.7 Å². The van der Waals surface area contributed by atoms with E-state index < -0.39 is 0 Å². The molecule has 0 amide bonds. The van der Waals surface area contributed by atoms with Gasteiger partial charge < -0.3 is 10.1 Å². The molecule has 0 atom stereocenters. The van der Waals surface area contributed by atoms with E-state index in [0.29, 0.717) is 0 Å². The van der Waals surface area contributed by atoms with Crippen LogP contribution in [0.3, 0.4) is 0 Å². The zero-order chi connectivity index (χ0) is 11.6. The molecule has 0 aliphatic carbocycles. The number of hydrogen-bond acceptors (Lipinski definition) is 2. The Bertz CT molecular complexity index is 269. The standard InChI is InChI=1S/C14H23NO/c1-3-4-5-10-15-11-12-16-14-8-6-13(2)7-9-14/h6-9,15H,3-5,10-12H2,1-2H3. The van der Waals surface area contributed by atoms with Crippen LogP contribution in [0.2, 0.25) is 0 Å². The van der Waals surface area contributed by atoms with Gasteiger partial charge in [-0.1, -0.05) is 37.5 Å². The van der Waals surface area contributed by atoms with Crippen molar-refractivity contribution in [1.29, 1.82) is 0 Å². The number of aryl methyl sites for hydroxylation is 1. The summed E-state index contributed by atoms with van der Waals surface area (Å²) in [7, 11) is 0. The number of ether oxygens (including phenoxy) is 1. The summed E-state index contributed by atoms with van der Waals surface area (Å²) in [5.41, 5.74) is 1.27. The van der Waals surface area contributed by atoms with Gasteiger partial charge in [-0.3, -0.25) is 0 Å². The van der Waals surface area contributed by atoms with Crippen LogP contribution >= 0.6 is 0 Å². The SMILES string of the molecule is CCCCCNCCOc1ccc(C)cc1. The number of hydrogen-bond donors (Lipinski definition) is 1. The number of unbranched alkanes of at least 4 members (excludes halogenated alkanes) is 2. The highest BCUT2D eigenvalue weighted by molar-refractivity contribution is 5.26. The van der Waals surface area contributed by atoms with Crippen molar-refractivity contribution in [1.82, 2.24) is 5.32 Å². The molecule has 0 spiro atoms. The van der Waals surface area contributed by atoms with Crippen LogP contribution in [0, 0.1) is 6.92 Å². The monoisotopic (exact) mass is 221 g/mol. The van der Waals surface area contributed by atoms with Gasteiger partial charge in [0, 0.05) is 6.54 Å². The maximum atomic E-state index is 5.61. The molecular weight excluding hydrogens is 198 g/mol. The predicted molar refractivity (Wildman–Crippen MR) is 69.1 cm³/mol. The van der Waals surface area contributed by atoms with Crippen LogP contribution in [0.25, 0.3) is 0 Å². The van der Waals surface area contributed by atoms with E-state index in [1.807, 2.05) is 12.1 Å². The molecule has 1 aromatic carbocycles. The molecule has 0 heterocycles. The molecular formula is C14H23NO. The smallest absolute Gasteiger partial charge is 0.119 e. The normalized spacial score (nSPS) is 10.4. The van der Waals surface area contributed by atoms with Crippen LogP contribution in [0.4, 0.5) is 0 Å². The molecule has 1 rings (SSSR count). The van der Waals surface area contributed by atoms with E-state index >= 15 is 0 Å². The quantitative estimate of drug-likeness (QED) is 0.681. The van der Waals surface area contributed by atoms with Crippen molar-refractivity contribution in [2.24, 2.45) is 0 Å². The van der Waals surface area contributed by atoms with Gasteiger partial charge in [0.05, 0.1) is 0 Å². The summed E-state index contributed by atoms with van der Waals surface area (Å²) in [5.74, 6) is 0.959. The lowest BCUT2D eigenvalue weighted by Crippen LogP contribution is -2.22. The third-order valence-electron chi connectivity index (χ3n) is 2.53. The first-order valence-electron chi connectivity index (χ1n) is 6.23. The first-order valence-corrected chi connectivity index (χ1v) is 6.23. The molecule has 0 saturated heterocycles. The van der Waals surface area contributed by atoms with Crippen LogP contribution in [-0.4, -0.2) is 19.7 Å². The van der Waals surface area contributed by atoms with Gasteiger partial charge in [-0.2, -0.15) is 0 Å². The second-order valence-corrected chi connectivity index (χ2v) is 4.12. The summed E-state index contributed by atoms with van der Waals surface area (Å²) in [6, 6.07) is 8.19. The van der Waals surface area contributed by atoms with Gasteiger partial charge in [-0.15, -0.1) is 0 Å². The van der Waals surface area contributed by atoms with E-state index in [-0.39, 0.29) is 0 Å². The lowest BCUT2D eigenvalue weighted by atomic mass is 10.2. The predicted octanol–water partition coefficient (Wildman–Crippen LogP) is 3.15. The van der Waals surface area contributed by atoms with E-state index in [4.69, 9.17) is 4.74 Å². The van der Waals surface area contributed by atoms with Crippen molar-refractivity contribution < 1.29 is 4.74 Å². The Morgan fingerprint density at radius 3 is 2.50 bits per heavy atom. The van der Waals surface area contributed by atoms with Crippen molar-refractivity contribution in [3.8, 4) is 5.75 Å².